The molecule has 1 aromatic heterocycles. The van der Waals surface area contributed by atoms with Crippen LogP contribution in [-0.4, -0.2) is 53.9 Å². The molecule has 0 amide bonds. The van der Waals surface area contributed by atoms with E-state index in [1.165, 1.54) is 17.7 Å². The van der Waals surface area contributed by atoms with Crippen LogP contribution in [0.5, 0.6) is 0 Å². The Balaban J connectivity index is 1.24. The maximum Gasteiger partial charge on any atom is 0.123 e. The van der Waals surface area contributed by atoms with Crippen LogP contribution < -0.4 is 4.90 Å². The number of anilines is 1. The molecule has 2 saturated heterocycles. The molecule has 5 nitrogen and oxygen atoms in total. The molecule has 0 bridgehead atoms. The number of rotatable bonds is 2. The highest BCUT2D eigenvalue weighted by atomic mass is 19.1. The zero-order valence-corrected chi connectivity index (χ0v) is 15.0. The molecule has 1 N–H and O–H groups in total. The molecule has 1 aromatic carbocycles. The summed E-state index contributed by atoms with van der Waals surface area (Å²) in [4.78, 5) is 4.99. The monoisotopic (exact) mass is 356 g/mol. The first-order valence-corrected chi connectivity index (χ1v) is 9.65. The van der Waals surface area contributed by atoms with Crippen LogP contribution in [0.25, 0.3) is 0 Å². The van der Waals surface area contributed by atoms with E-state index in [4.69, 9.17) is 4.74 Å². The van der Waals surface area contributed by atoms with Crippen molar-refractivity contribution >= 4 is 5.69 Å². The fraction of sp³-hybridized carbons (Fsp3) is 0.550. The molecule has 2 fully saturated rings. The topological polar surface area (TPSA) is 44.4 Å². The normalized spacial score (nSPS) is 25.6. The van der Waals surface area contributed by atoms with Gasteiger partial charge in [0.2, 0.25) is 0 Å². The third-order valence-corrected chi connectivity index (χ3v) is 6.40. The van der Waals surface area contributed by atoms with Gasteiger partial charge in [-0.2, -0.15) is 5.10 Å². The van der Waals surface area contributed by atoms with E-state index < -0.39 is 0 Å². The molecule has 1 spiro atoms. The maximum absolute atomic E-state index is 13.2. The molecule has 1 atom stereocenters. The number of benzene rings is 1. The van der Waals surface area contributed by atoms with Gasteiger partial charge in [0.1, 0.15) is 11.4 Å². The second-order valence-corrected chi connectivity index (χ2v) is 7.76. The first-order valence-electron chi connectivity index (χ1n) is 9.65. The number of ether oxygens (including phenoxy) is 1. The number of nitrogens with zero attached hydrogens (tertiary/aromatic N) is 3. The molecular formula is C20H25FN4O. The lowest BCUT2D eigenvalue weighted by Gasteiger charge is -2.45. The lowest BCUT2D eigenvalue weighted by molar-refractivity contribution is -0.104. The molecule has 4 heterocycles. The van der Waals surface area contributed by atoms with E-state index in [2.05, 4.69) is 20.0 Å². The number of H-pyrrole nitrogens is 1. The average Bonchev–Trinajstić information content (AvgIpc) is 3.33. The van der Waals surface area contributed by atoms with Crippen molar-refractivity contribution in [3.05, 3.63) is 47.5 Å². The van der Waals surface area contributed by atoms with E-state index in [9.17, 15) is 4.39 Å². The SMILES string of the molecule is Fc1ccc(N2CCC(N3CCC4(CC3)OCCc3cn[nH]c34)C2)cc1. The fourth-order valence-electron chi connectivity index (χ4n) is 4.89. The van der Waals surface area contributed by atoms with Crippen LogP contribution in [0.2, 0.25) is 0 Å². The summed E-state index contributed by atoms with van der Waals surface area (Å²) >= 11 is 0. The molecule has 0 aliphatic carbocycles. The van der Waals surface area contributed by atoms with E-state index in [1.54, 1.807) is 12.1 Å². The number of likely N-dealkylation sites (tertiary alicyclic amines) is 1. The zero-order chi connectivity index (χ0) is 17.6. The molecule has 3 aliphatic heterocycles. The molecule has 1 unspecified atom stereocenters. The van der Waals surface area contributed by atoms with Gasteiger partial charge < -0.3 is 9.64 Å². The van der Waals surface area contributed by atoms with Crippen LogP contribution in [0.1, 0.15) is 30.5 Å². The summed E-state index contributed by atoms with van der Waals surface area (Å²) in [5.41, 5.74) is 3.51. The molecule has 0 radical (unpaired) electrons. The van der Waals surface area contributed by atoms with Crippen molar-refractivity contribution in [3.63, 3.8) is 0 Å². The summed E-state index contributed by atoms with van der Waals surface area (Å²) in [7, 11) is 0. The Bertz CT molecular complexity index is 766. The Morgan fingerprint density at radius 3 is 2.77 bits per heavy atom. The van der Waals surface area contributed by atoms with Crippen molar-refractivity contribution in [2.75, 3.05) is 37.7 Å². The number of aromatic nitrogens is 2. The van der Waals surface area contributed by atoms with E-state index in [-0.39, 0.29) is 11.4 Å². The van der Waals surface area contributed by atoms with E-state index in [0.717, 1.165) is 57.7 Å². The third kappa shape index (κ3) is 2.72. The van der Waals surface area contributed by atoms with E-state index in [0.29, 0.717) is 6.04 Å². The Morgan fingerprint density at radius 1 is 1.15 bits per heavy atom. The lowest BCUT2D eigenvalue weighted by atomic mass is 9.83. The van der Waals surface area contributed by atoms with Gasteiger partial charge in [0.05, 0.1) is 18.5 Å². The number of hydrogen-bond acceptors (Lipinski definition) is 4. The van der Waals surface area contributed by atoms with Gasteiger partial charge in [0.15, 0.2) is 0 Å². The minimum atomic E-state index is -0.170. The van der Waals surface area contributed by atoms with Crippen LogP contribution in [-0.2, 0) is 16.8 Å². The number of hydrogen-bond donors (Lipinski definition) is 1. The fourth-order valence-corrected chi connectivity index (χ4v) is 4.89. The number of piperidine rings is 1. The van der Waals surface area contributed by atoms with Gasteiger partial charge in [0, 0.05) is 37.9 Å². The first-order chi connectivity index (χ1) is 12.7. The van der Waals surface area contributed by atoms with Crippen LogP contribution in [0.3, 0.4) is 0 Å². The van der Waals surface area contributed by atoms with Crippen LogP contribution in [0.4, 0.5) is 10.1 Å². The van der Waals surface area contributed by atoms with Gasteiger partial charge in [-0.1, -0.05) is 0 Å². The van der Waals surface area contributed by atoms with Crippen molar-refractivity contribution < 1.29 is 9.13 Å². The maximum atomic E-state index is 13.2. The molecule has 0 saturated carbocycles. The first kappa shape index (κ1) is 16.3. The number of aromatic amines is 1. The number of nitrogens with one attached hydrogen (secondary N) is 1. The predicted octanol–water partition coefficient (Wildman–Crippen LogP) is 2.69. The summed E-state index contributed by atoms with van der Waals surface area (Å²) in [5.74, 6) is -0.170. The zero-order valence-electron chi connectivity index (χ0n) is 15.0. The van der Waals surface area contributed by atoms with Gasteiger partial charge in [0.25, 0.3) is 0 Å². The molecule has 6 heteroatoms. The summed E-state index contributed by atoms with van der Waals surface area (Å²) in [6.45, 7) is 4.98. The van der Waals surface area contributed by atoms with Gasteiger partial charge in [-0.05, 0) is 55.5 Å². The highest BCUT2D eigenvalue weighted by Gasteiger charge is 2.43. The van der Waals surface area contributed by atoms with Crippen molar-refractivity contribution in [1.29, 1.82) is 0 Å². The molecule has 5 rings (SSSR count). The number of halogens is 1. The molecule has 2 aromatic rings. The van der Waals surface area contributed by atoms with Gasteiger partial charge >= 0.3 is 0 Å². The summed E-state index contributed by atoms with van der Waals surface area (Å²) in [6.07, 6.45) is 6.14. The standard InChI is InChI=1S/C20H25FN4O/c21-16-1-3-17(4-2-16)25-9-5-18(14-25)24-10-7-20(8-11-24)19-15(6-12-26-20)13-22-23-19/h1-4,13,18H,5-12,14H2,(H,22,23). The summed E-state index contributed by atoms with van der Waals surface area (Å²) in [5, 5.41) is 7.45. The second-order valence-electron chi connectivity index (χ2n) is 7.76. The van der Waals surface area contributed by atoms with Crippen molar-refractivity contribution in [1.82, 2.24) is 15.1 Å². The van der Waals surface area contributed by atoms with Gasteiger partial charge in [-0.25, -0.2) is 4.39 Å². The Hall–Kier alpha value is -1.92. The minimum Gasteiger partial charge on any atom is -0.370 e. The highest BCUT2D eigenvalue weighted by Crippen LogP contribution is 2.41. The Morgan fingerprint density at radius 2 is 1.96 bits per heavy atom. The van der Waals surface area contributed by atoms with Crippen LogP contribution >= 0.6 is 0 Å². The molecule has 138 valence electrons. The van der Waals surface area contributed by atoms with E-state index >= 15 is 0 Å². The number of fused-ring (bicyclic) bond motifs is 2. The van der Waals surface area contributed by atoms with Gasteiger partial charge in [-0.15, -0.1) is 0 Å². The average molecular weight is 356 g/mol. The minimum absolute atomic E-state index is 0.157. The quantitative estimate of drug-likeness (QED) is 0.899. The van der Waals surface area contributed by atoms with E-state index in [1.807, 2.05) is 18.3 Å². The molecule has 3 aliphatic rings. The van der Waals surface area contributed by atoms with Crippen molar-refractivity contribution in [3.8, 4) is 0 Å². The van der Waals surface area contributed by atoms with Gasteiger partial charge in [-0.3, -0.25) is 10.00 Å². The van der Waals surface area contributed by atoms with Crippen LogP contribution in [0.15, 0.2) is 30.5 Å². The Kier molecular flexibility index (Phi) is 3.98. The van der Waals surface area contributed by atoms with Crippen LogP contribution in [0, 0.1) is 5.82 Å². The largest absolute Gasteiger partial charge is 0.370 e. The highest BCUT2D eigenvalue weighted by molar-refractivity contribution is 5.47. The third-order valence-electron chi connectivity index (χ3n) is 6.40. The summed E-state index contributed by atoms with van der Waals surface area (Å²) in [6, 6.07) is 7.45. The molecule has 26 heavy (non-hydrogen) atoms. The second kappa shape index (κ2) is 6.35. The predicted molar refractivity (Wildman–Crippen MR) is 97.7 cm³/mol. The Labute approximate surface area is 153 Å². The summed E-state index contributed by atoms with van der Waals surface area (Å²) < 4.78 is 19.4. The lowest BCUT2D eigenvalue weighted by Crippen LogP contribution is -2.50. The van der Waals surface area contributed by atoms with Crippen molar-refractivity contribution in [2.45, 2.75) is 37.3 Å². The smallest absolute Gasteiger partial charge is 0.123 e. The van der Waals surface area contributed by atoms with Crippen molar-refractivity contribution in [2.24, 2.45) is 0 Å². The molecular weight excluding hydrogens is 331 g/mol.